The second-order valence-corrected chi connectivity index (χ2v) is 7.23. The number of nitrogens with zero attached hydrogens (tertiary/aromatic N) is 1. The number of nitro benzene ring substituents is 1. The van der Waals surface area contributed by atoms with Crippen molar-refractivity contribution >= 4 is 16.5 Å². The Morgan fingerprint density at radius 3 is 2.09 bits per heavy atom. The van der Waals surface area contributed by atoms with Gasteiger partial charge in [-0.05, 0) is 54.4 Å². The Kier molecular flexibility index (Phi) is 8.50. The van der Waals surface area contributed by atoms with E-state index in [1.807, 2.05) is 13.0 Å². The van der Waals surface area contributed by atoms with E-state index < -0.39 is 16.9 Å². The van der Waals surface area contributed by atoms with Crippen molar-refractivity contribution in [2.75, 3.05) is 7.11 Å². The summed E-state index contributed by atoms with van der Waals surface area (Å²) in [5, 5.41) is 41.6. The second kappa shape index (κ2) is 10.9. The summed E-state index contributed by atoms with van der Waals surface area (Å²) in [7, 11) is 1.57. The molecule has 0 saturated heterocycles. The molecule has 0 radical (unpaired) electrons. The van der Waals surface area contributed by atoms with Crippen LogP contribution in [0.2, 0.25) is 0 Å². The Hall–Kier alpha value is -3.24. The highest BCUT2D eigenvalue weighted by atomic mass is 16.6. The second-order valence-electron chi connectivity index (χ2n) is 7.23. The number of benzene rings is 3. The smallest absolute Gasteiger partial charge is 0.269 e. The molecule has 0 saturated carbocycles. The van der Waals surface area contributed by atoms with Gasteiger partial charge in [0.25, 0.3) is 5.69 Å². The van der Waals surface area contributed by atoms with E-state index in [1.165, 1.54) is 24.3 Å². The molecule has 0 heterocycles. The first-order chi connectivity index (χ1) is 15.1. The minimum absolute atomic E-state index is 0.116. The predicted molar refractivity (Wildman–Crippen MR) is 120 cm³/mol. The van der Waals surface area contributed by atoms with Gasteiger partial charge in [-0.3, -0.25) is 15.8 Å². The molecule has 0 amide bonds. The molecule has 3 unspecified atom stereocenters. The quantitative estimate of drug-likeness (QED) is 0.247. The predicted octanol–water partition coefficient (Wildman–Crippen LogP) is 3.04. The average Bonchev–Trinajstić information content (AvgIpc) is 2.78. The van der Waals surface area contributed by atoms with E-state index in [0.717, 1.165) is 17.2 Å². The van der Waals surface area contributed by atoms with Crippen LogP contribution in [0.3, 0.4) is 0 Å². The summed E-state index contributed by atoms with van der Waals surface area (Å²) in [6.07, 6.45) is -1.05. The number of rotatable bonds is 7. The third-order valence-corrected chi connectivity index (χ3v) is 4.77. The van der Waals surface area contributed by atoms with Crippen LogP contribution in [0.5, 0.6) is 11.5 Å². The summed E-state index contributed by atoms with van der Waals surface area (Å²) in [6, 6.07) is 15.4. The van der Waals surface area contributed by atoms with E-state index in [-0.39, 0.29) is 23.1 Å². The lowest BCUT2D eigenvalue weighted by Gasteiger charge is -2.29. The van der Waals surface area contributed by atoms with Crippen LogP contribution < -0.4 is 15.2 Å². The van der Waals surface area contributed by atoms with Gasteiger partial charge in [-0.15, -0.1) is 0 Å². The first-order valence-corrected chi connectivity index (χ1v) is 9.95. The van der Waals surface area contributed by atoms with Crippen molar-refractivity contribution in [1.29, 1.82) is 0 Å². The van der Waals surface area contributed by atoms with Crippen LogP contribution in [0.15, 0.2) is 60.7 Å². The highest BCUT2D eigenvalue weighted by molar-refractivity contribution is 5.84. The van der Waals surface area contributed by atoms with Crippen molar-refractivity contribution in [3.63, 3.8) is 0 Å². The van der Waals surface area contributed by atoms with Crippen LogP contribution in [0.4, 0.5) is 5.69 Å². The number of non-ortho nitro benzene ring substituents is 1. The number of ether oxygens (including phenoxy) is 2. The van der Waals surface area contributed by atoms with E-state index in [9.17, 15) is 20.3 Å². The van der Waals surface area contributed by atoms with E-state index >= 15 is 0 Å². The average molecular weight is 444 g/mol. The summed E-state index contributed by atoms with van der Waals surface area (Å²) in [4.78, 5) is 10.1. The molecule has 0 spiro atoms. The number of nitro groups is 1. The molecular weight excluding hydrogens is 416 g/mol. The van der Waals surface area contributed by atoms with Gasteiger partial charge >= 0.3 is 0 Å². The molecule has 0 bridgehead atoms. The van der Waals surface area contributed by atoms with Crippen LogP contribution in [-0.4, -0.2) is 39.7 Å². The molecule has 32 heavy (non-hydrogen) atoms. The lowest BCUT2D eigenvalue weighted by Crippen LogP contribution is -2.50. The van der Waals surface area contributed by atoms with E-state index in [4.69, 9.17) is 20.3 Å². The molecule has 0 aliphatic heterocycles. The molecule has 3 rings (SSSR count). The minimum atomic E-state index is -2.20. The van der Waals surface area contributed by atoms with Crippen LogP contribution in [0, 0.1) is 10.1 Å². The summed E-state index contributed by atoms with van der Waals surface area (Å²) >= 11 is 0. The van der Waals surface area contributed by atoms with Crippen molar-refractivity contribution in [1.82, 2.24) is 0 Å². The van der Waals surface area contributed by atoms with Crippen LogP contribution >= 0.6 is 0 Å². The maximum atomic E-state index is 10.7. The largest absolute Gasteiger partial charge is 0.497 e. The Morgan fingerprint density at radius 2 is 1.56 bits per heavy atom. The fourth-order valence-corrected chi connectivity index (χ4v) is 2.61. The third-order valence-electron chi connectivity index (χ3n) is 4.77. The maximum absolute atomic E-state index is 10.7. The van der Waals surface area contributed by atoms with Crippen LogP contribution in [0.1, 0.15) is 25.8 Å². The monoisotopic (exact) mass is 444 g/mol. The van der Waals surface area contributed by atoms with Crippen molar-refractivity contribution in [3.8, 4) is 11.5 Å². The molecule has 0 aromatic heterocycles. The van der Waals surface area contributed by atoms with Gasteiger partial charge in [-0.1, -0.05) is 25.1 Å². The Balaban J connectivity index is 0.000000654. The van der Waals surface area contributed by atoms with Crippen molar-refractivity contribution < 1.29 is 29.7 Å². The third kappa shape index (κ3) is 6.38. The number of nitrogens with two attached hydrogens (primary N) is 1. The van der Waals surface area contributed by atoms with E-state index in [0.29, 0.717) is 5.75 Å². The van der Waals surface area contributed by atoms with Gasteiger partial charge in [-0.25, -0.2) is 0 Å². The van der Waals surface area contributed by atoms with Crippen molar-refractivity contribution in [2.45, 2.75) is 38.4 Å². The Labute approximate surface area is 185 Å². The number of methoxy groups -OCH3 is 1. The highest BCUT2D eigenvalue weighted by Crippen LogP contribution is 2.28. The maximum Gasteiger partial charge on any atom is 0.269 e. The number of aliphatic hydroxyl groups excluding tert-OH is 2. The fourth-order valence-electron chi connectivity index (χ4n) is 2.61. The van der Waals surface area contributed by atoms with Crippen LogP contribution in [0.25, 0.3) is 10.8 Å². The van der Waals surface area contributed by atoms with Crippen LogP contribution in [-0.2, 0) is 5.72 Å². The number of fused-ring (bicyclic) bond motifs is 1. The highest BCUT2D eigenvalue weighted by Gasteiger charge is 2.35. The zero-order valence-corrected chi connectivity index (χ0v) is 18.1. The summed E-state index contributed by atoms with van der Waals surface area (Å²) in [6.45, 7) is 3.73. The molecule has 0 fully saturated rings. The minimum Gasteiger partial charge on any atom is -0.497 e. The SMILES string of the molecule is CCC(C)O.COc1ccc2cc(C(N)(O)C(O)Oc3ccc([N+](=O)[O-])cc3)ccc2c1. The van der Waals surface area contributed by atoms with Gasteiger partial charge in [0, 0.05) is 17.7 Å². The molecule has 9 nitrogen and oxygen atoms in total. The zero-order valence-electron chi connectivity index (χ0n) is 18.1. The summed E-state index contributed by atoms with van der Waals surface area (Å²) < 4.78 is 10.4. The first kappa shape index (κ1) is 25.0. The first-order valence-electron chi connectivity index (χ1n) is 9.95. The molecule has 0 aliphatic carbocycles. The van der Waals surface area contributed by atoms with E-state index in [2.05, 4.69) is 0 Å². The molecular formula is C23H28N2O7. The molecule has 5 N–H and O–H groups in total. The summed E-state index contributed by atoms with van der Waals surface area (Å²) in [5.74, 6) is 0.822. The molecule has 3 atom stereocenters. The van der Waals surface area contributed by atoms with Gasteiger partial charge in [-0.2, -0.15) is 0 Å². The van der Waals surface area contributed by atoms with Crippen molar-refractivity contribution in [3.05, 3.63) is 76.3 Å². The van der Waals surface area contributed by atoms with Gasteiger partial charge in [0.2, 0.25) is 12.0 Å². The standard InChI is InChI=1S/C19H18N2O6.C4H10O/c1-26-17-7-3-12-10-14(4-2-13(12)11-17)19(20,23)18(22)27-16-8-5-15(6-9-16)21(24)25;1-3-4(2)5/h2-11,18,22-23H,20H2,1H3;4-5H,3H2,1-2H3. The molecule has 0 aliphatic rings. The fraction of sp³-hybridized carbons (Fsp3) is 0.304. The number of hydrogen-bond donors (Lipinski definition) is 4. The van der Waals surface area contributed by atoms with Crippen molar-refractivity contribution in [2.24, 2.45) is 5.73 Å². The Bertz CT molecular complexity index is 1040. The van der Waals surface area contributed by atoms with E-state index in [1.54, 1.807) is 44.4 Å². The number of hydrogen-bond acceptors (Lipinski definition) is 8. The molecule has 172 valence electrons. The molecule has 3 aromatic carbocycles. The summed E-state index contributed by atoms with van der Waals surface area (Å²) in [5.41, 5.74) is 3.83. The lowest BCUT2D eigenvalue weighted by atomic mass is 9.99. The van der Waals surface area contributed by atoms with Gasteiger partial charge in [0.1, 0.15) is 11.5 Å². The lowest BCUT2D eigenvalue weighted by molar-refractivity contribution is -0.384. The van der Waals surface area contributed by atoms with Gasteiger partial charge < -0.3 is 24.8 Å². The normalized spacial score (nSPS) is 14.5. The van der Waals surface area contributed by atoms with Gasteiger partial charge in [0.15, 0.2) is 0 Å². The number of aliphatic hydroxyl groups is 3. The molecule has 3 aromatic rings. The molecule has 9 heteroatoms. The van der Waals surface area contributed by atoms with Gasteiger partial charge in [0.05, 0.1) is 18.1 Å². The Morgan fingerprint density at radius 1 is 1.03 bits per heavy atom. The topological polar surface area (TPSA) is 148 Å². The zero-order chi connectivity index (χ0) is 23.9.